The lowest BCUT2D eigenvalue weighted by molar-refractivity contribution is -0.274. The molecule has 2 aliphatic heterocycles. The van der Waals surface area contributed by atoms with Crippen molar-refractivity contribution >= 4 is 18.0 Å². The molecule has 1 fully saturated rings. The molecule has 1 aromatic heterocycles. The molecular weight excluding hydrogens is 684 g/mol. The van der Waals surface area contributed by atoms with E-state index in [2.05, 4.69) is 31.6 Å². The molecule has 0 radical (unpaired) electrons. The van der Waals surface area contributed by atoms with Crippen LogP contribution in [0.1, 0.15) is 49.3 Å². The number of fused-ring (bicyclic) bond motifs is 1. The number of halogens is 6. The molecule has 1 saturated heterocycles. The molecule has 5 rings (SSSR count). The normalized spacial score (nSPS) is 17.5. The lowest BCUT2D eigenvalue weighted by atomic mass is 9.95. The molecule has 0 spiro atoms. The quantitative estimate of drug-likeness (QED) is 0.162. The number of benzene rings is 2. The Labute approximate surface area is 290 Å². The van der Waals surface area contributed by atoms with E-state index in [-0.39, 0.29) is 25.2 Å². The van der Waals surface area contributed by atoms with Gasteiger partial charge in [-0.05, 0) is 63.1 Å². The van der Waals surface area contributed by atoms with E-state index >= 15 is 0 Å². The summed E-state index contributed by atoms with van der Waals surface area (Å²) < 4.78 is 88.0. The summed E-state index contributed by atoms with van der Waals surface area (Å²) in [5.74, 6) is -3.54. The SMILES string of the molecule is CN1CCN(Cc2ccc(-c3c(-c4cccc(OC(F)(F)F)c4)cn4c3C(=O)NC[C@@H]4CCN(C(=O)OC(=O)C(F)(F)F)C(C)(C)C)cc2)CC1. The van der Waals surface area contributed by atoms with Crippen LogP contribution in [0.15, 0.2) is 54.7 Å². The van der Waals surface area contributed by atoms with Gasteiger partial charge in [0.1, 0.15) is 11.4 Å². The van der Waals surface area contributed by atoms with E-state index in [4.69, 9.17) is 0 Å². The Hall–Kier alpha value is -4.57. The molecule has 0 saturated carbocycles. The van der Waals surface area contributed by atoms with E-state index in [0.29, 0.717) is 22.3 Å². The number of nitrogens with zero attached hydrogens (tertiary/aromatic N) is 4. The van der Waals surface area contributed by atoms with Crippen molar-refractivity contribution in [3.63, 3.8) is 0 Å². The molecule has 3 heterocycles. The third-order valence-corrected chi connectivity index (χ3v) is 8.89. The van der Waals surface area contributed by atoms with Gasteiger partial charge in [0.15, 0.2) is 0 Å². The molecular formula is C35H39F6N5O5. The first-order chi connectivity index (χ1) is 23.8. The van der Waals surface area contributed by atoms with Crippen LogP contribution in [0.4, 0.5) is 31.1 Å². The third kappa shape index (κ3) is 9.22. The van der Waals surface area contributed by atoms with Crippen LogP contribution >= 0.6 is 0 Å². The summed E-state index contributed by atoms with van der Waals surface area (Å²) >= 11 is 0. The van der Waals surface area contributed by atoms with Gasteiger partial charge >= 0.3 is 24.6 Å². The lowest BCUT2D eigenvalue weighted by Gasteiger charge is -2.36. The Kier molecular flexibility index (Phi) is 10.8. The maximum Gasteiger partial charge on any atom is 0.573 e. The molecule has 2 aliphatic rings. The van der Waals surface area contributed by atoms with Crippen molar-refractivity contribution in [3.05, 3.63) is 66.0 Å². The first-order valence-electron chi connectivity index (χ1n) is 16.3. The Morgan fingerprint density at radius 2 is 1.61 bits per heavy atom. The summed E-state index contributed by atoms with van der Waals surface area (Å²) in [4.78, 5) is 43.3. The molecule has 1 N–H and O–H groups in total. The minimum atomic E-state index is -5.37. The highest BCUT2D eigenvalue weighted by Crippen LogP contribution is 2.41. The van der Waals surface area contributed by atoms with Gasteiger partial charge < -0.3 is 29.2 Å². The average molecular weight is 724 g/mol. The van der Waals surface area contributed by atoms with Crippen LogP contribution in [0.2, 0.25) is 0 Å². The summed E-state index contributed by atoms with van der Waals surface area (Å²) in [6, 6.07) is 12.4. The van der Waals surface area contributed by atoms with Gasteiger partial charge in [-0.1, -0.05) is 36.4 Å². The molecule has 0 bridgehead atoms. The standard InChI is InChI=1S/C35H39F6N5O5/c1-33(2,3)46(32(49)50-31(48)34(36,37)38)13-12-25-19-42-30(47)29-28(23-10-8-22(9-11-23)20-44-16-14-43(4)15-17-44)27(21-45(25)29)24-6-5-7-26(18-24)51-35(39,40)41/h5-11,18,21,25H,12-17,19-20H2,1-4H3,(H,42,47)/t25-/m0/s1. The second-order valence-electron chi connectivity index (χ2n) is 13.7. The van der Waals surface area contributed by atoms with Gasteiger partial charge in [-0.2, -0.15) is 13.2 Å². The van der Waals surface area contributed by atoms with Crippen molar-refractivity contribution in [2.45, 2.75) is 57.9 Å². The largest absolute Gasteiger partial charge is 0.573 e. The number of aromatic nitrogens is 1. The number of carbonyl (C=O) groups is 3. The third-order valence-electron chi connectivity index (χ3n) is 8.89. The second-order valence-corrected chi connectivity index (χ2v) is 13.7. The van der Waals surface area contributed by atoms with Gasteiger partial charge in [-0.15, -0.1) is 13.2 Å². The van der Waals surface area contributed by atoms with Crippen molar-refractivity contribution < 1.29 is 50.2 Å². The van der Waals surface area contributed by atoms with Gasteiger partial charge in [0.05, 0.1) is 6.04 Å². The number of nitrogens with one attached hydrogen (secondary N) is 1. The maximum absolute atomic E-state index is 13.6. The van der Waals surface area contributed by atoms with Crippen LogP contribution in [-0.2, 0) is 16.1 Å². The molecule has 276 valence electrons. The Bertz CT molecular complexity index is 1740. The number of ether oxygens (including phenoxy) is 2. The van der Waals surface area contributed by atoms with E-state index in [1.54, 1.807) is 37.6 Å². The van der Waals surface area contributed by atoms with E-state index < -0.39 is 47.8 Å². The fraction of sp³-hybridized carbons (Fsp3) is 0.457. The van der Waals surface area contributed by atoms with Gasteiger partial charge in [-0.3, -0.25) is 9.69 Å². The molecule has 16 heteroatoms. The van der Waals surface area contributed by atoms with Crippen molar-refractivity contribution in [1.82, 2.24) is 24.6 Å². The van der Waals surface area contributed by atoms with E-state index in [9.17, 15) is 40.7 Å². The maximum atomic E-state index is 13.6. The van der Waals surface area contributed by atoms with Crippen molar-refractivity contribution in [3.8, 4) is 28.0 Å². The molecule has 1 atom stereocenters. The first-order valence-corrected chi connectivity index (χ1v) is 16.3. The zero-order valence-corrected chi connectivity index (χ0v) is 28.5. The number of carbonyl (C=O) groups excluding carboxylic acids is 3. The van der Waals surface area contributed by atoms with Crippen LogP contribution < -0.4 is 10.1 Å². The van der Waals surface area contributed by atoms with Crippen LogP contribution in [0.5, 0.6) is 5.75 Å². The average Bonchev–Trinajstić information content (AvgIpc) is 3.44. The Balaban J connectivity index is 1.51. The molecule has 2 amide bonds. The number of hydrogen-bond donors (Lipinski definition) is 1. The number of likely N-dealkylation sites (N-methyl/N-ethyl adjacent to an activating group) is 1. The Morgan fingerprint density at radius 1 is 0.941 bits per heavy atom. The fourth-order valence-corrected chi connectivity index (χ4v) is 6.26. The molecule has 2 aromatic carbocycles. The smallest absolute Gasteiger partial charge is 0.406 e. The van der Waals surface area contributed by atoms with E-state index in [1.165, 1.54) is 18.2 Å². The van der Waals surface area contributed by atoms with Gasteiger partial charge in [0, 0.05) is 68.7 Å². The predicted octanol–water partition coefficient (Wildman–Crippen LogP) is 6.47. The molecule has 0 unspecified atom stereocenters. The van der Waals surface area contributed by atoms with Crippen molar-refractivity contribution in [1.29, 1.82) is 0 Å². The monoisotopic (exact) mass is 723 g/mol. The molecule has 3 aromatic rings. The number of alkyl halides is 6. The summed E-state index contributed by atoms with van der Waals surface area (Å²) in [6.07, 6.45) is -10.0. The highest BCUT2D eigenvalue weighted by molar-refractivity contribution is 6.05. The predicted molar refractivity (Wildman–Crippen MR) is 175 cm³/mol. The lowest BCUT2D eigenvalue weighted by Crippen LogP contribution is -2.49. The zero-order chi connectivity index (χ0) is 37.3. The van der Waals surface area contributed by atoms with Crippen LogP contribution in [0, 0.1) is 0 Å². The van der Waals surface area contributed by atoms with Crippen LogP contribution in [0.25, 0.3) is 22.3 Å². The van der Waals surface area contributed by atoms with Crippen molar-refractivity contribution in [2.24, 2.45) is 0 Å². The van der Waals surface area contributed by atoms with Crippen LogP contribution in [-0.4, -0.2) is 102 Å². The number of piperazine rings is 1. The highest BCUT2D eigenvalue weighted by Gasteiger charge is 2.44. The first kappa shape index (κ1) is 37.7. The number of amides is 2. The number of hydrogen-bond acceptors (Lipinski definition) is 7. The molecule has 51 heavy (non-hydrogen) atoms. The molecule has 10 nitrogen and oxygen atoms in total. The number of rotatable bonds is 8. The zero-order valence-electron chi connectivity index (χ0n) is 28.5. The van der Waals surface area contributed by atoms with E-state index in [0.717, 1.165) is 43.2 Å². The van der Waals surface area contributed by atoms with Crippen molar-refractivity contribution in [2.75, 3.05) is 46.3 Å². The summed E-state index contributed by atoms with van der Waals surface area (Å²) in [7, 11) is 2.07. The Morgan fingerprint density at radius 3 is 2.22 bits per heavy atom. The van der Waals surface area contributed by atoms with Gasteiger partial charge in [0.25, 0.3) is 5.91 Å². The van der Waals surface area contributed by atoms with Crippen LogP contribution in [0.3, 0.4) is 0 Å². The van der Waals surface area contributed by atoms with Gasteiger partial charge in [0.2, 0.25) is 0 Å². The summed E-state index contributed by atoms with van der Waals surface area (Å²) in [6.45, 7) is 9.06. The minimum Gasteiger partial charge on any atom is -0.406 e. The summed E-state index contributed by atoms with van der Waals surface area (Å²) in [5.41, 5.74) is 2.06. The number of esters is 1. The molecule has 0 aliphatic carbocycles. The summed E-state index contributed by atoms with van der Waals surface area (Å²) in [5, 5.41) is 2.84. The highest BCUT2D eigenvalue weighted by atomic mass is 19.4. The van der Waals surface area contributed by atoms with E-state index in [1.807, 2.05) is 24.3 Å². The second kappa shape index (κ2) is 14.6. The fourth-order valence-electron chi connectivity index (χ4n) is 6.26. The topological polar surface area (TPSA) is 96.4 Å². The minimum absolute atomic E-state index is 0.0785. The van der Waals surface area contributed by atoms with Gasteiger partial charge in [-0.25, -0.2) is 9.59 Å².